The van der Waals surface area contributed by atoms with E-state index < -0.39 is 0 Å². The molecule has 0 atom stereocenters. The zero-order valence-corrected chi connectivity index (χ0v) is 11.9. The van der Waals surface area contributed by atoms with Crippen LogP contribution >= 0.6 is 11.3 Å². The Labute approximate surface area is 113 Å². The second kappa shape index (κ2) is 4.91. The van der Waals surface area contributed by atoms with Gasteiger partial charge in [-0.2, -0.15) is 0 Å². The molecule has 2 aliphatic rings. The number of likely N-dealkylation sites (tertiary alicyclic amines) is 1. The molecule has 0 spiro atoms. The van der Waals surface area contributed by atoms with Gasteiger partial charge in [0.15, 0.2) is 0 Å². The van der Waals surface area contributed by atoms with Gasteiger partial charge in [0, 0.05) is 24.3 Å². The van der Waals surface area contributed by atoms with Crippen LogP contribution in [0.5, 0.6) is 0 Å². The molecular weight excluding hydrogens is 244 g/mol. The highest BCUT2D eigenvalue weighted by Gasteiger charge is 2.42. The Bertz CT molecular complexity index is 406. The molecule has 1 aliphatic carbocycles. The summed E-state index contributed by atoms with van der Waals surface area (Å²) in [6.07, 6.45) is 5.82. The molecule has 1 N–H and O–H groups in total. The van der Waals surface area contributed by atoms with Gasteiger partial charge in [0.05, 0.1) is 10.7 Å². The number of aromatic nitrogens is 1. The monoisotopic (exact) mass is 266 g/mol. The fourth-order valence-corrected chi connectivity index (χ4v) is 3.84. The third-order valence-electron chi connectivity index (χ3n) is 4.53. The average Bonchev–Trinajstić information content (AvgIpc) is 3.00. The van der Waals surface area contributed by atoms with Crippen molar-refractivity contribution >= 4 is 11.3 Å². The summed E-state index contributed by atoms with van der Waals surface area (Å²) in [5.74, 6) is 0.662. The number of hydrogen-bond acceptors (Lipinski definition) is 4. The molecular formula is C14H22N2OS. The van der Waals surface area contributed by atoms with Gasteiger partial charge in [-0.3, -0.25) is 0 Å². The van der Waals surface area contributed by atoms with E-state index in [9.17, 15) is 5.11 Å². The summed E-state index contributed by atoms with van der Waals surface area (Å²) in [7, 11) is 2.20. The van der Waals surface area contributed by atoms with Crippen molar-refractivity contribution in [3.05, 3.63) is 16.1 Å². The first-order valence-corrected chi connectivity index (χ1v) is 7.82. The van der Waals surface area contributed by atoms with Crippen LogP contribution in [-0.2, 0) is 6.42 Å². The van der Waals surface area contributed by atoms with E-state index in [1.165, 1.54) is 49.5 Å². The molecule has 100 valence electrons. The Kier molecular flexibility index (Phi) is 3.43. The van der Waals surface area contributed by atoms with Gasteiger partial charge >= 0.3 is 0 Å². The van der Waals surface area contributed by atoms with Gasteiger partial charge in [-0.15, -0.1) is 11.3 Å². The number of aliphatic hydroxyl groups excluding tert-OH is 1. The third kappa shape index (κ3) is 2.60. The van der Waals surface area contributed by atoms with Crippen LogP contribution < -0.4 is 0 Å². The van der Waals surface area contributed by atoms with Crippen molar-refractivity contribution in [2.45, 2.75) is 38.0 Å². The molecule has 1 saturated heterocycles. The smallest absolute Gasteiger partial charge is 0.0934 e. The predicted molar refractivity (Wildman–Crippen MR) is 74.0 cm³/mol. The lowest BCUT2D eigenvalue weighted by Crippen LogP contribution is -2.29. The minimum atomic E-state index is 0.196. The normalized spacial score (nSPS) is 24.3. The Morgan fingerprint density at radius 3 is 2.78 bits per heavy atom. The highest BCUT2D eigenvalue weighted by molar-refractivity contribution is 7.09. The lowest BCUT2D eigenvalue weighted by atomic mass is 9.94. The lowest BCUT2D eigenvalue weighted by Gasteiger charge is -2.27. The molecule has 0 bridgehead atoms. The molecule has 0 unspecified atom stereocenters. The molecule has 0 amide bonds. The minimum absolute atomic E-state index is 0.196. The number of aliphatic hydroxyl groups is 1. The standard InChI is InChI=1S/C14H22N2OS/c1-16-6-2-11(3-7-16)12-9-18-13(15-12)8-14(10-17)4-5-14/h9,11,17H,2-8,10H2,1H3. The van der Waals surface area contributed by atoms with Gasteiger partial charge in [-0.05, 0) is 51.2 Å². The SMILES string of the molecule is CN1CCC(c2csc(CC3(CO)CC3)n2)CC1. The second-order valence-electron chi connectivity index (χ2n) is 6.08. The van der Waals surface area contributed by atoms with Crippen LogP contribution in [-0.4, -0.2) is 41.7 Å². The molecule has 3 rings (SSSR count). The second-order valence-corrected chi connectivity index (χ2v) is 7.02. The zero-order chi connectivity index (χ0) is 12.6. The summed E-state index contributed by atoms with van der Waals surface area (Å²) >= 11 is 1.79. The number of rotatable bonds is 4. The fourth-order valence-electron chi connectivity index (χ4n) is 2.79. The van der Waals surface area contributed by atoms with E-state index in [4.69, 9.17) is 4.98 Å². The summed E-state index contributed by atoms with van der Waals surface area (Å²) in [4.78, 5) is 7.22. The van der Waals surface area contributed by atoms with E-state index in [2.05, 4.69) is 17.3 Å². The van der Waals surface area contributed by atoms with E-state index >= 15 is 0 Å². The molecule has 3 nitrogen and oxygen atoms in total. The van der Waals surface area contributed by atoms with E-state index in [1.807, 2.05) is 0 Å². The molecule has 1 aromatic heterocycles. The van der Waals surface area contributed by atoms with Crippen molar-refractivity contribution in [3.63, 3.8) is 0 Å². The van der Waals surface area contributed by atoms with Gasteiger partial charge in [0.1, 0.15) is 0 Å². The van der Waals surface area contributed by atoms with Crippen molar-refractivity contribution in [1.29, 1.82) is 0 Å². The van der Waals surface area contributed by atoms with Gasteiger partial charge < -0.3 is 10.0 Å². The summed E-state index contributed by atoms with van der Waals surface area (Å²) in [5.41, 5.74) is 1.50. The number of hydrogen-bond donors (Lipinski definition) is 1. The molecule has 0 radical (unpaired) electrons. The maximum Gasteiger partial charge on any atom is 0.0934 e. The zero-order valence-electron chi connectivity index (χ0n) is 11.1. The summed E-state index contributed by atoms with van der Waals surface area (Å²) in [6.45, 7) is 2.71. The molecule has 18 heavy (non-hydrogen) atoms. The molecule has 1 aliphatic heterocycles. The first-order chi connectivity index (χ1) is 8.71. The molecule has 2 heterocycles. The highest BCUT2D eigenvalue weighted by atomic mass is 32.1. The highest BCUT2D eigenvalue weighted by Crippen LogP contribution is 2.48. The van der Waals surface area contributed by atoms with Gasteiger partial charge in [-0.1, -0.05) is 0 Å². The van der Waals surface area contributed by atoms with Gasteiger partial charge in [0.25, 0.3) is 0 Å². The Morgan fingerprint density at radius 2 is 2.17 bits per heavy atom. The van der Waals surface area contributed by atoms with Crippen molar-refractivity contribution < 1.29 is 5.11 Å². The van der Waals surface area contributed by atoms with Crippen LogP contribution in [0.15, 0.2) is 5.38 Å². The first kappa shape index (κ1) is 12.6. The van der Waals surface area contributed by atoms with Crippen LogP contribution in [0, 0.1) is 5.41 Å². The minimum Gasteiger partial charge on any atom is -0.396 e. The van der Waals surface area contributed by atoms with Crippen molar-refractivity contribution in [3.8, 4) is 0 Å². The van der Waals surface area contributed by atoms with Crippen LogP contribution in [0.3, 0.4) is 0 Å². The average molecular weight is 266 g/mol. The molecule has 4 heteroatoms. The quantitative estimate of drug-likeness (QED) is 0.908. The fraction of sp³-hybridized carbons (Fsp3) is 0.786. The van der Waals surface area contributed by atoms with Gasteiger partial charge in [-0.25, -0.2) is 4.98 Å². The van der Waals surface area contributed by atoms with Crippen LogP contribution in [0.1, 0.15) is 42.3 Å². The van der Waals surface area contributed by atoms with Crippen molar-refractivity contribution in [2.24, 2.45) is 5.41 Å². The van der Waals surface area contributed by atoms with Crippen LogP contribution in [0.4, 0.5) is 0 Å². The Balaban J connectivity index is 1.62. The van der Waals surface area contributed by atoms with E-state index in [0.717, 1.165) is 6.42 Å². The molecule has 1 aromatic rings. The lowest BCUT2D eigenvalue weighted by molar-refractivity contribution is 0.211. The summed E-state index contributed by atoms with van der Waals surface area (Å²) in [6, 6.07) is 0. The van der Waals surface area contributed by atoms with Crippen LogP contribution in [0.25, 0.3) is 0 Å². The number of nitrogens with zero attached hydrogens (tertiary/aromatic N) is 2. The maximum atomic E-state index is 9.37. The topological polar surface area (TPSA) is 36.4 Å². The largest absolute Gasteiger partial charge is 0.396 e. The van der Waals surface area contributed by atoms with Crippen molar-refractivity contribution in [2.75, 3.05) is 26.7 Å². The van der Waals surface area contributed by atoms with Crippen LogP contribution in [0.2, 0.25) is 0 Å². The molecule has 0 aromatic carbocycles. The first-order valence-electron chi connectivity index (χ1n) is 6.94. The summed E-state index contributed by atoms with van der Waals surface area (Å²) in [5, 5.41) is 12.9. The van der Waals surface area contributed by atoms with Crippen molar-refractivity contribution in [1.82, 2.24) is 9.88 Å². The van der Waals surface area contributed by atoms with E-state index in [-0.39, 0.29) is 5.41 Å². The Hall–Kier alpha value is -0.450. The molecule has 2 fully saturated rings. The van der Waals surface area contributed by atoms with E-state index in [1.54, 1.807) is 11.3 Å². The molecule has 1 saturated carbocycles. The van der Waals surface area contributed by atoms with E-state index in [0.29, 0.717) is 12.5 Å². The Morgan fingerprint density at radius 1 is 1.44 bits per heavy atom. The maximum absolute atomic E-state index is 9.37. The number of thiazole rings is 1. The number of piperidine rings is 1. The third-order valence-corrected chi connectivity index (χ3v) is 5.39. The van der Waals surface area contributed by atoms with Gasteiger partial charge in [0.2, 0.25) is 0 Å². The predicted octanol–water partition coefficient (Wildman–Crippen LogP) is 2.27. The summed E-state index contributed by atoms with van der Waals surface area (Å²) < 4.78 is 0.